The highest BCUT2D eigenvalue weighted by molar-refractivity contribution is 7.98. The van der Waals surface area contributed by atoms with Crippen molar-refractivity contribution in [1.82, 2.24) is 25.9 Å². The molecule has 3 amide bonds. The molecule has 37 heavy (non-hydrogen) atoms. The van der Waals surface area contributed by atoms with Crippen LogP contribution in [-0.4, -0.2) is 98.7 Å². The van der Waals surface area contributed by atoms with Gasteiger partial charge in [0.15, 0.2) is 5.96 Å². The standard InChI is InChI=1S/C21H37N9O6S/c1-11(31)16(30-17(32)13(22)5-7-37-2)19(34)29-15(8-12-9-25-10-27-12)18(33)28-14(20(35)36)4-3-6-26-21(23)24/h9-11,13-16,31H,3-8,22H2,1-2H3,(H,25,27)(H,28,33)(H,29,34)(H,30,32)(H,35,36)(H4,23,24,26). The van der Waals surface area contributed by atoms with Crippen LogP contribution in [-0.2, 0) is 25.6 Å². The van der Waals surface area contributed by atoms with Crippen molar-refractivity contribution in [2.24, 2.45) is 22.2 Å². The predicted molar refractivity (Wildman–Crippen MR) is 138 cm³/mol. The minimum Gasteiger partial charge on any atom is -0.480 e. The monoisotopic (exact) mass is 543 g/mol. The summed E-state index contributed by atoms with van der Waals surface area (Å²) < 4.78 is 0. The van der Waals surface area contributed by atoms with Gasteiger partial charge in [0.1, 0.15) is 18.1 Å². The second-order valence-corrected chi connectivity index (χ2v) is 9.29. The fourth-order valence-corrected chi connectivity index (χ4v) is 3.65. The number of aliphatic hydroxyl groups excluding tert-OH is 1. The predicted octanol–water partition coefficient (Wildman–Crippen LogP) is -2.99. The Morgan fingerprint density at radius 3 is 2.32 bits per heavy atom. The molecule has 0 aliphatic heterocycles. The number of aromatic amines is 1. The number of hydrogen-bond acceptors (Lipinski definition) is 9. The van der Waals surface area contributed by atoms with Crippen molar-refractivity contribution < 1.29 is 29.4 Å². The highest BCUT2D eigenvalue weighted by atomic mass is 32.2. The molecule has 5 unspecified atom stereocenters. The average Bonchev–Trinajstić information content (AvgIpc) is 3.34. The van der Waals surface area contributed by atoms with Gasteiger partial charge in [0.05, 0.1) is 18.5 Å². The molecular weight excluding hydrogens is 506 g/mol. The number of thioether (sulfide) groups is 1. The number of aliphatic carboxylic acids is 1. The third kappa shape index (κ3) is 11.9. The Hall–Kier alpha value is -3.37. The lowest BCUT2D eigenvalue weighted by atomic mass is 10.1. The van der Waals surface area contributed by atoms with Gasteiger partial charge in [-0.1, -0.05) is 0 Å². The molecule has 0 aliphatic carbocycles. The van der Waals surface area contributed by atoms with Gasteiger partial charge in [-0.3, -0.25) is 19.4 Å². The normalized spacial score (nSPS) is 14.9. The largest absolute Gasteiger partial charge is 0.480 e. The van der Waals surface area contributed by atoms with E-state index in [9.17, 15) is 29.4 Å². The number of carboxylic acids is 1. The van der Waals surface area contributed by atoms with Gasteiger partial charge in [-0.05, 0) is 38.2 Å². The summed E-state index contributed by atoms with van der Waals surface area (Å²) in [5.41, 5.74) is 16.8. The first kappa shape index (κ1) is 31.7. The summed E-state index contributed by atoms with van der Waals surface area (Å²) >= 11 is 1.51. The number of aromatic nitrogens is 2. The van der Waals surface area contributed by atoms with Crippen molar-refractivity contribution >= 4 is 41.4 Å². The van der Waals surface area contributed by atoms with Crippen LogP contribution in [0.15, 0.2) is 17.5 Å². The molecule has 0 aromatic carbocycles. The molecule has 1 heterocycles. The number of nitrogens with zero attached hydrogens (tertiary/aromatic N) is 2. The Labute approximate surface area is 218 Å². The van der Waals surface area contributed by atoms with Crippen LogP contribution in [0.25, 0.3) is 0 Å². The van der Waals surface area contributed by atoms with E-state index < -0.39 is 54.0 Å². The average molecular weight is 544 g/mol. The van der Waals surface area contributed by atoms with E-state index in [-0.39, 0.29) is 31.8 Å². The van der Waals surface area contributed by atoms with Crippen LogP contribution in [0.2, 0.25) is 0 Å². The van der Waals surface area contributed by atoms with E-state index in [1.165, 1.54) is 31.2 Å². The third-order valence-corrected chi connectivity index (χ3v) is 5.85. The highest BCUT2D eigenvalue weighted by Crippen LogP contribution is 2.06. The fraction of sp³-hybridized carbons (Fsp3) is 0.619. The minimum absolute atomic E-state index is 0.0306. The number of aliphatic imine (C=N–C) groups is 1. The zero-order valence-electron chi connectivity index (χ0n) is 20.8. The first-order chi connectivity index (χ1) is 17.5. The van der Waals surface area contributed by atoms with Gasteiger partial charge in [-0.25, -0.2) is 9.78 Å². The highest BCUT2D eigenvalue weighted by Gasteiger charge is 2.32. The SMILES string of the molecule is CSCCC(N)C(=O)NC(C(=O)NC(Cc1cnc[nH]1)C(=O)NC(CCCN=C(N)N)C(=O)O)C(C)O. The number of guanidine groups is 1. The molecule has 16 heteroatoms. The van der Waals surface area contributed by atoms with Gasteiger partial charge < -0.3 is 48.3 Å². The Morgan fingerprint density at radius 1 is 1.11 bits per heavy atom. The van der Waals surface area contributed by atoms with Crippen LogP contribution < -0.4 is 33.2 Å². The molecule has 1 aromatic heterocycles. The summed E-state index contributed by atoms with van der Waals surface area (Å²) in [6.07, 6.45) is 3.98. The zero-order chi connectivity index (χ0) is 28.0. The lowest BCUT2D eigenvalue weighted by Crippen LogP contribution is -2.60. The number of aliphatic hydroxyl groups is 1. The van der Waals surface area contributed by atoms with Crippen LogP contribution in [0.3, 0.4) is 0 Å². The van der Waals surface area contributed by atoms with Gasteiger partial charge in [0.2, 0.25) is 17.7 Å². The Kier molecular flexibility index (Phi) is 14.0. The molecule has 0 aliphatic rings. The second kappa shape index (κ2) is 16.4. The van der Waals surface area contributed by atoms with Crippen molar-refractivity contribution in [3.05, 3.63) is 18.2 Å². The molecule has 1 aromatic rings. The first-order valence-corrected chi connectivity index (χ1v) is 12.9. The van der Waals surface area contributed by atoms with Crippen LogP contribution in [0.5, 0.6) is 0 Å². The number of nitrogens with two attached hydrogens (primary N) is 3. The van der Waals surface area contributed by atoms with Crippen molar-refractivity contribution in [2.45, 2.75) is 62.9 Å². The van der Waals surface area contributed by atoms with E-state index >= 15 is 0 Å². The zero-order valence-corrected chi connectivity index (χ0v) is 21.7. The molecule has 0 bridgehead atoms. The van der Waals surface area contributed by atoms with Gasteiger partial charge >= 0.3 is 5.97 Å². The summed E-state index contributed by atoms with van der Waals surface area (Å²) in [7, 11) is 0. The maximum atomic E-state index is 13.0. The second-order valence-electron chi connectivity index (χ2n) is 8.31. The molecule has 208 valence electrons. The van der Waals surface area contributed by atoms with Crippen LogP contribution >= 0.6 is 11.8 Å². The Bertz CT molecular complexity index is 908. The van der Waals surface area contributed by atoms with Crippen LogP contribution in [0, 0.1) is 0 Å². The number of carbonyl (C=O) groups excluding carboxylic acids is 3. The maximum Gasteiger partial charge on any atom is 0.326 e. The molecular formula is C21H37N9O6S. The number of hydrogen-bond donors (Lipinski definition) is 9. The molecule has 15 nitrogen and oxygen atoms in total. The molecule has 0 saturated carbocycles. The summed E-state index contributed by atoms with van der Waals surface area (Å²) in [6.45, 7) is 1.48. The molecule has 12 N–H and O–H groups in total. The first-order valence-electron chi connectivity index (χ1n) is 11.5. The fourth-order valence-electron chi connectivity index (χ4n) is 3.16. The van der Waals surface area contributed by atoms with Crippen LogP contribution in [0.1, 0.15) is 31.9 Å². The van der Waals surface area contributed by atoms with Gasteiger partial charge in [-0.15, -0.1) is 0 Å². The van der Waals surface area contributed by atoms with E-state index in [2.05, 4.69) is 30.9 Å². The van der Waals surface area contributed by atoms with E-state index in [4.69, 9.17) is 17.2 Å². The quantitative estimate of drug-likeness (QED) is 0.0543. The van der Waals surface area contributed by atoms with Crippen molar-refractivity contribution in [1.29, 1.82) is 0 Å². The molecule has 0 fully saturated rings. The van der Waals surface area contributed by atoms with E-state index in [1.54, 1.807) is 0 Å². The van der Waals surface area contributed by atoms with Crippen molar-refractivity contribution in [3.8, 4) is 0 Å². The number of carboxylic acid groups (broad SMARTS) is 1. The van der Waals surface area contributed by atoms with E-state index in [0.29, 0.717) is 17.9 Å². The molecule has 0 spiro atoms. The Balaban J connectivity index is 2.98. The summed E-state index contributed by atoms with van der Waals surface area (Å²) in [4.78, 5) is 60.6. The van der Waals surface area contributed by atoms with Gasteiger partial charge in [-0.2, -0.15) is 11.8 Å². The number of imidazole rings is 1. The van der Waals surface area contributed by atoms with Gasteiger partial charge in [0, 0.05) is 24.9 Å². The maximum absolute atomic E-state index is 13.0. The minimum atomic E-state index is -1.40. The van der Waals surface area contributed by atoms with Crippen molar-refractivity contribution in [3.63, 3.8) is 0 Å². The Morgan fingerprint density at radius 2 is 1.78 bits per heavy atom. The molecule has 1 rings (SSSR count). The topological polar surface area (TPSA) is 264 Å². The number of rotatable bonds is 17. The van der Waals surface area contributed by atoms with E-state index in [0.717, 1.165) is 0 Å². The summed E-state index contributed by atoms with van der Waals surface area (Å²) in [5, 5.41) is 27.0. The third-order valence-electron chi connectivity index (χ3n) is 5.20. The lowest BCUT2D eigenvalue weighted by molar-refractivity contribution is -0.142. The smallest absolute Gasteiger partial charge is 0.326 e. The summed E-state index contributed by atoms with van der Waals surface area (Å²) in [5.74, 6) is -3.05. The van der Waals surface area contributed by atoms with Crippen molar-refractivity contribution in [2.75, 3.05) is 18.6 Å². The van der Waals surface area contributed by atoms with Gasteiger partial charge in [0.25, 0.3) is 0 Å². The van der Waals surface area contributed by atoms with E-state index in [1.807, 2.05) is 6.26 Å². The number of carbonyl (C=O) groups is 4. The number of H-pyrrole nitrogens is 1. The van der Waals surface area contributed by atoms with Crippen LogP contribution in [0.4, 0.5) is 0 Å². The lowest BCUT2D eigenvalue weighted by Gasteiger charge is -2.26. The molecule has 0 saturated heterocycles. The molecule has 5 atom stereocenters. The summed E-state index contributed by atoms with van der Waals surface area (Å²) in [6, 6.07) is -4.82. The number of nitrogens with one attached hydrogen (secondary N) is 4. The number of amides is 3. The molecule has 0 radical (unpaired) electrons.